The highest BCUT2D eigenvalue weighted by Gasteiger charge is 2.55. The molecule has 1 N–H and O–H groups in total. The van der Waals surface area contributed by atoms with Crippen LogP contribution in [0.25, 0.3) is 0 Å². The first-order chi connectivity index (χ1) is 10.2. The van der Waals surface area contributed by atoms with Crippen LogP contribution in [-0.4, -0.2) is 18.8 Å². The molecule has 0 heterocycles. The van der Waals surface area contributed by atoms with Gasteiger partial charge in [0.05, 0.1) is 6.10 Å². The van der Waals surface area contributed by atoms with Crippen LogP contribution in [0.1, 0.15) is 45.4 Å². The van der Waals surface area contributed by atoms with E-state index in [1.807, 2.05) is 12.1 Å². The van der Waals surface area contributed by atoms with Crippen molar-refractivity contribution in [1.29, 1.82) is 0 Å². The minimum absolute atomic E-state index is 0.358. The van der Waals surface area contributed by atoms with Gasteiger partial charge in [-0.3, -0.25) is 0 Å². The van der Waals surface area contributed by atoms with Crippen molar-refractivity contribution < 1.29 is 4.74 Å². The first kappa shape index (κ1) is 15.9. The van der Waals surface area contributed by atoms with E-state index in [2.05, 4.69) is 40.9 Å². The minimum Gasteiger partial charge on any atom is -0.381 e. The van der Waals surface area contributed by atoms with Gasteiger partial charge in [0.25, 0.3) is 0 Å². The second-order valence-electron chi connectivity index (χ2n) is 6.29. The van der Waals surface area contributed by atoms with Crippen LogP contribution in [0.15, 0.2) is 18.2 Å². The smallest absolute Gasteiger partial charge is 0.0670 e. The van der Waals surface area contributed by atoms with Gasteiger partial charge < -0.3 is 10.1 Å². The highest BCUT2D eigenvalue weighted by atomic mass is 127. The van der Waals surface area contributed by atoms with E-state index in [9.17, 15) is 0 Å². The molecular weight excluding hydrogens is 397 g/mol. The molecule has 0 amide bonds. The molecular formula is C17H23ClINO. The molecule has 0 aliphatic heterocycles. The fourth-order valence-corrected chi connectivity index (χ4v) is 5.09. The Labute approximate surface area is 146 Å². The Morgan fingerprint density at radius 2 is 2.10 bits per heavy atom. The summed E-state index contributed by atoms with van der Waals surface area (Å²) in [5.41, 5.74) is 1.57. The molecule has 3 rings (SSSR count). The average molecular weight is 420 g/mol. The molecule has 21 heavy (non-hydrogen) atoms. The van der Waals surface area contributed by atoms with Crippen molar-refractivity contribution in [3.63, 3.8) is 0 Å². The summed E-state index contributed by atoms with van der Waals surface area (Å²) in [5.74, 6) is 0. The van der Waals surface area contributed by atoms with Gasteiger partial charge in [-0.05, 0) is 67.0 Å². The maximum absolute atomic E-state index is 6.06. The molecule has 1 spiro atoms. The van der Waals surface area contributed by atoms with Gasteiger partial charge in [0.1, 0.15) is 0 Å². The van der Waals surface area contributed by atoms with Gasteiger partial charge in [0.15, 0.2) is 0 Å². The maximum atomic E-state index is 6.06. The fraction of sp³-hybridized carbons (Fsp3) is 0.647. The van der Waals surface area contributed by atoms with Crippen molar-refractivity contribution in [3.05, 3.63) is 26.8 Å². The second kappa shape index (κ2) is 6.63. The number of hydrogen-bond acceptors (Lipinski definition) is 2. The van der Waals surface area contributed by atoms with Crippen molar-refractivity contribution >= 4 is 39.9 Å². The topological polar surface area (TPSA) is 21.3 Å². The van der Waals surface area contributed by atoms with E-state index in [-0.39, 0.29) is 0 Å². The van der Waals surface area contributed by atoms with Gasteiger partial charge in [-0.25, -0.2) is 0 Å². The Hall–Kier alpha value is -0.000000000000000111. The van der Waals surface area contributed by atoms with Gasteiger partial charge in [0, 0.05) is 32.3 Å². The maximum Gasteiger partial charge on any atom is 0.0670 e. The minimum atomic E-state index is 0.358. The summed E-state index contributed by atoms with van der Waals surface area (Å²) in [6, 6.07) is 6.65. The molecule has 2 nitrogen and oxygen atoms in total. The van der Waals surface area contributed by atoms with Crippen molar-refractivity contribution in [3.8, 4) is 0 Å². The molecule has 2 fully saturated rings. The zero-order valence-electron chi connectivity index (χ0n) is 12.5. The lowest BCUT2D eigenvalue weighted by Crippen LogP contribution is -2.62. The van der Waals surface area contributed by atoms with Gasteiger partial charge in [0.2, 0.25) is 0 Å². The number of nitrogens with one attached hydrogen (secondary N) is 1. The Morgan fingerprint density at radius 1 is 1.33 bits per heavy atom. The van der Waals surface area contributed by atoms with Crippen LogP contribution in [0.3, 0.4) is 0 Å². The molecule has 1 aromatic carbocycles. The summed E-state index contributed by atoms with van der Waals surface area (Å²) in [6.45, 7) is 2.94. The normalized spacial score (nSPS) is 27.4. The van der Waals surface area contributed by atoms with E-state index in [4.69, 9.17) is 16.3 Å². The van der Waals surface area contributed by atoms with Gasteiger partial charge >= 0.3 is 0 Å². The first-order valence-electron chi connectivity index (χ1n) is 7.99. The number of ether oxygens (including phenoxy) is 1. The van der Waals surface area contributed by atoms with Gasteiger partial charge in [-0.15, -0.1) is 0 Å². The monoisotopic (exact) mass is 419 g/mol. The molecule has 0 radical (unpaired) electrons. The van der Waals surface area contributed by atoms with E-state index < -0.39 is 0 Å². The SMILES string of the molecule is CCOC1CC(Nc2ccc(Cl)cc2I)C12CCCCC2. The van der Waals surface area contributed by atoms with E-state index in [0.717, 1.165) is 18.1 Å². The zero-order valence-corrected chi connectivity index (χ0v) is 15.4. The first-order valence-corrected chi connectivity index (χ1v) is 9.44. The molecule has 2 saturated carbocycles. The second-order valence-corrected chi connectivity index (χ2v) is 7.89. The van der Waals surface area contributed by atoms with Crippen LogP contribution in [0.2, 0.25) is 5.02 Å². The number of rotatable bonds is 4. The van der Waals surface area contributed by atoms with Crippen molar-refractivity contribution in [2.75, 3.05) is 11.9 Å². The summed E-state index contributed by atoms with van der Waals surface area (Å²) >= 11 is 8.42. The standard InChI is InChI=1S/C17H23ClINO/c1-2-21-16-11-15(17(16)8-4-3-5-9-17)20-14-7-6-12(18)10-13(14)19/h6-7,10,15-16,20H,2-5,8-9,11H2,1H3. The van der Waals surface area contributed by atoms with Gasteiger partial charge in [-0.2, -0.15) is 0 Å². The van der Waals surface area contributed by atoms with Crippen LogP contribution in [-0.2, 0) is 4.74 Å². The third-order valence-corrected chi connectivity index (χ3v) is 6.33. The number of halogens is 2. The average Bonchev–Trinajstić information content (AvgIpc) is 2.49. The molecule has 4 heteroatoms. The Bertz CT molecular complexity index is 502. The third-order valence-electron chi connectivity index (χ3n) is 5.20. The van der Waals surface area contributed by atoms with E-state index >= 15 is 0 Å². The molecule has 1 aromatic rings. The number of hydrogen-bond donors (Lipinski definition) is 1. The lowest BCUT2D eigenvalue weighted by atomic mass is 9.55. The van der Waals surface area contributed by atoms with Crippen molar-refractivity contribution in [1.82, 2.24) is 0 Å². The van der Waals surface area contributed by atoms with Gasteiger partial charge in [-0.1, -0.05) is 30.9 Å². The third kappa shape index (κ3) is 3.06. The molecule has 116 valence electrons. The molecule has 0 aromatic heterocycles. The highest BCUT2D eigenvalue weighted by Crippen LogP contribution is 2.54. The Morgan fingerprint density at radius 3 is 2.76 bits per heavy atom. The molecule has 2 atom stereocenters. The molecule has 2 aliphatic carbocycles. The van der Waals surface area contributed by atoms with E-state index in [1.165, 1.54) is 41.4 Å². The number of anilines is 1. The predicted molar refractivity (Wildman–Crippen MR) is 97.1 cm³/mol. The summed E-state index contributed by atoms with van der Waals surface area (Å²) in [5, 5.41) is 4.58. The summed E-state index contributed by atoms with van der Waals surface area (Å²) in [4.78, 5) is 0. The van der Waals surface area contributed by atoms with Crippen molar-refractivity contribution in [2.45, 2.75) is 57.6 Å². The summed E-state index contributed by atoms with van der Waals surface area (Å²) < 4.78 is 7.23. The van der Waals surface area contributed by atoms with Crippen LogP contribution >= 0.6 is 34.2 Å². The molecule has 2 unspecified atom stereocenters. The molecule has 0 bridgehead atoms. The zero-order chi connectivity index (χ0) is 14.9. The van der Waals surface area contributed by atoms with E-state index in [1.54, 1.807) is 0 Å². The predicted octanol–water partition coefficient (Wildman–Crippen LogP) is 5.48. The largest absolute Gasteiger partial charge is 0.381 e. The lowest BCUT2D eigenvalue weighted by molar-refractivity contribution is -0.134. The number of benzene rings is 1. The van der Waals surface area contributed by atoms with Crippen LogP contribution < -0.4 is 5.32 Å². The van der Waals surface area contributed by atoms with Crippen LogP contribution in [0, 0.1) is 8.99 Å². The lowest BCUT2D eigenvalue weighted by Gasteiger charge is -2.58. The molecule has 2 aliphatic rings. The quantitative estimate of drug-likeness (QED) is 0.652. The Balaban J connectivity index is 1.75. The van der Waals surface area contributed by atoms with E-state index in [0.29, 0.717) is 17.6 Å². The summed E-state index contributed by atoms with van der Waals surface area (Å²) in [6.07, 6.45) is 8.27. The van der Waals surface area contributed by atoms with Crippen LogP contribution in [0.4, 0.5) is 5.69 Å². The summed E-state index contributed by atoms with van der Waals surface area (Å²) in [7, 11) is 0. The van der Waals surface area contributed by atoms with Crippen molar-refractivity contribution in [2.24, 2.45) is 5.41 Å². The Kier molecular flexibility index (Phi) is 5.01. The molecule has 0 saturated heterocycles. The van der Waals surface area contributed by atoms with Crippen LogP contribution in [0.5, 0.6) is 0 Å². The fourth-order valence-electron chi connectivity index (χ4n) is 4.06. The highest BCUT2D eigenvalue weighted by molar-refractivity contribution is 14.1.